The molecule has 1 atom stereocenters. The van der Waals surface area contributed by atoms with Gasteiger partial charge in [0.15, 0.2) is 10.8 Å². The third kappa shape index (κ3) is 6.15. The number of carbonyl (C=O) groups is 3. The van der Waals surface area contributed by atoms with Crippen LogP contribution < -0.4 is 5.32 Å². The van der Waals surface area contributed by atoms with E-state index in [-0.39, 0.29) is 29.0 Å². The van der Waals surface area contributed by atoms with Crippen molar-refractivity contribution in [2.45, 2.75) is 45.2 Å². The highest BCUT2D eigenvalue weighted by Crippen LogP contribution is 2.24. The zero-order valence-electron chi connectivity index (χ0n) is 20.6. The third-order valence-corrected chi connectivity index (χ3v) is 7.30. The number of carboxylic acid groups (broad SMARTS) is 2. The largest absolute Gasteiger partial charge is 0.477 e. The van der Waals surface area contributed by atoms with Crippen LogP contribution in [-0.4, -0.2) is 42.2 Å². The van der Waals surface area contributed by atoms with Crippen molar-refractivity contribution < 1.29 is 24.6 Å². The van der Waals surface area contributed by atoms with E-state index in [4.69, 9.17) is 11.6 Å². The number of amides is 1. The number of hydrogen-bond donors (Lipinski definition) is 3. The number of carboxylic acids is 2. The molecule has 3 heterocycles. The molecule has 0 fully saturated rings. The molecule has 198 valence electrons. The van der Waals surface area contributed by atoms with E-state index < -0.39 is 18.0 Å². The lowest BCUT2D eigenvalue weighted by Gasteiger charge is -2.20. The van der Waals surface area contributed by atoms with Gasteiger partial charge in [-0.25, -0.2) is 14.6 Å². The second-order valence-electron chi connectivity index (χ2n) is 8.75. The fraction of sp³-hybridized carbons (Fsp3) is 0.259. The van der Waals surface area contributed by atoms with E-state index in [1.807, 2.05) is 24.4 Å². The molecule has 3 aromatic heterocycles. The fourth-order valence-electron chi connectivity index (χ4n) is 4.25. The smallest absolute Gasteiger partial charge is 0.355 e. The van der Waals surface area contributed by atoms with Gasteiger partial charge in [-0.1, -0.05) is 43.1 Å². The number of imidazole rings is 1. The molecule has 11 heteroatoms. The summed E-state index contributed by atoms with van der Waals surface area (Å²) in [6.07, 6.45) is 4.34. The Bertz CT molecular complexity index is 1430. The van der Waals surface area contributed by atoms with Gasteiger partial charge in [-0.2, -0.15) is 0 Å². The van der Waals surface area contributed by atoms with E-state index in [0.717, 1.165) is 23.3 Å². The maximum absolute atomic E-state index is 13.3. The zero-order chi connectivity index (χ0) is 27.2. The van der Waals surface area contributed by atoms with E-state index in [1.165, 1.54) is 22.0 Å². The number of aromatic carboxylic acids is 2. The maximum atomic E-state index is 13.3. The number of rotatable bonds is 12. The van der Waals surface area contributed by atoms with E-state index in [9.17, 15) is 24.6 Å². The van der Waals surface area contributed by atoms with Crippen molar-refractivity contribution in [1.29, 1.82) is 0 Å². The summed E-state index contributed by atoms with van der Waals surface area (Å²) in [5, 5.41) is 24.0. The first kappa shape index (κ1) is 27.2. The standard InChI is InChI=1S/C27H27ClN4O5S/c1-2-3-8-22-30-24(28)23(27(36)37)32(22)16-17-9-11-18(12-10-17)29-25(33)21(15-19-6-5-14-38-19)31-13-4-7-20(31)26(34)35/h4-7,9-14,21H,2-3,8,15-16H2,1H3,(H,29,33)(H,34,35)(H,36,37)/t21-/m0/s1. The molecular formula is C27H27ClN4O5S. The number of unbranched alkanes of at least 4 members (excludes halogenated alkanes) is 1. The zero-order valence-corrected chi connectivity index (χ0v) is 22.2. The topological polar surface area (TPSA) is 126 Å². The molecular weight excluding hydrogens is 528 g/mol. The monoisotopic (exact) mass is 554 g/mol. The summed E-state index contributed by atoms with van der Waals surface area (Å²) in [4.78, 5) is 42.1. The molecule has 4 aromatic rings. The summed E-state index contributed by atoms with van der Waals surface area (Å²) in [5.41, 5.74) is 1.33. The highest BCUT2D eigenvalue weighted by molar-refractivity contribution is 7.09. The lowest BCUT2D eigenvalue weighted by atomic mass is 10.1. The number of halogens is 1. The number of carbonyl (C=O) groups excluding carboxylic acids is 1. The van der Waals surface area contributed by atoms with Crippen LogP contribution in [0.15, 0.2) is 60.1 Å². The van der Waals surface area contributed by atoms with Gasteiger partial charge in [0.2, 0.25) is 5.91 Å². The molecule has 0 spiro atoms. The number of hydrogen-bond acceptors (Lipinski definition) is 5. The lowest BCUT2D eigenvalue weighted by Crippen LogP contribution is -2.29. The third-order valence-electron chi connectivity index (χ3n) is 6.13. The summed E-state index contributed by atoms with van der Waals surface area (Å²) < 4.78 is 3.09. The van der Waals surface area contributed by atoms with Gasteiger partial charge in [0, 0.05) is 36.1 Å². The van der Waals surface area contributed by atoms with Crippen molar-refractivity contribution in [2.75, 3.05) is 5.32 Å². The molecule has 0 aliphatic rings. The number of thiophene rings is 1. The number of nitrogens with zero attached hydrogens (tertiary/aromatic N) is 3. The number of aryl methyl sites for hydroxylation is 1. The van der Waals surface area contributed by atoms with E-state index in [1.54, 1.807) is 41.1 Å². The molecule has 3 N–H and O–H groups in total. The molecule has 0 aliphatic carbocycles. The minimum atomic E-state index is -1.14. The SMILES string of the molecule is CCCCc1nc(Cl)c(C(=O)O)n1Cc1ccc(NC(=O)[C@H](Cc2cccs2)n2cccc2C(=O)O)cc1. The van der Waals surface area contributed by atoms with Crippen molar-refractivity contribution in [1.82, 2.24) is 14.1 Å². The van der Waals surface area contributed by atoms with Gasteiger partial charge >= 0.3 is 11.9 Å². The van der Waals surface area contributed by atoms with Crippen molar-refractivity contribution in [3.8, 4) is 0 Å². The minimum absolute atomic E-state index is 0.0316. The van der Waals surface area contributed by atoms with Gasteiger partial charge < -0.3 is 24.7 Å². The highest BCUT2D eigenvalue weighted by Gasteiger charge is 2.26. The quantitative estimate of drug-likeness (QED) is 0.209. The average Bonchev–Trinajstić information content (AvgIpc) is 3.63. The molecule has 1 amide bonds. The van der Waals surface area contributed by atoms with Crippen LogP contribution in [-0.2, 0) is 24.2 Å². The molecule has 0 saturated heterocycles. The van der Waals surface area contributed by atoms with E-state index in [2.05, 4.69) is 10.3 Å². The van der Waals surface area contributed by atoms with Crippen LogP contribution in [0.1, 0.15) is 63.0 Å². The van der Waals surface area contributed by atoms with Gasteiger partial charge in [0.05, 0.1) is 0 Å². The molecule has 0 bridgehead atoms. The Hall–Kier alpha value is -3.89. The highest BCUT2D eigenvalue weighted by atomic mass is 35.5. The van der Waals surface area contributed by atoms with Gasteiger partial charge in [-0.15, -0.1) is 11.3 Å². The molecule has 4 rings (SSSR count). The second kappa shape index (κ2) is 12.1. The average molecular weight is 555 g/mol. The summed E-state index contributed by atoms with van der Waals surface area (Å²) >= 11 is 7.63. The van der Waals surface area contributed by atoms with Crippen molar-refractivity contribution in [3.05, 3.63) is 92.9 Å². The lowest BCUT2D eigenvalue weighted by molar-refractivity contribution is -0.119. The van der Waals surface area contributed by atoms with E-state index in [0.29, 0.717) is 24.4 Å². The normalized spacial score (nSPS) is 11.8. The summed E-state index contributed by atoms with van der Waals surface area (Å²) in [5.74, 6) is -1.98. The Kier molecular flexibility index (Phi) is 8.65. The van der Waals surface area contributed by atoms with Crippen molar-refractivity contribution in [3.63, 3.8) is 0 Å². The Morgan fingerprint density at radius 3 is 2.47 bits per heavy atom. The van der Waals surface area contributed by atoms with Crippen molar-refractivity contribution in [2.24, 2.45) is 0 Å². The van der Waals surface area contributed by atoms with Crippen LogP contribution >= 0.6 is 22.9 Å². The summed E-state index contributed by atoms with van der Waals surface area (Å²) in [6.45, 7) is 2.31. The van der Waals surface area contributed by atoms with Crippen LogP contribution in [0.4, 0.5) is 5.69 Å². The van der Waals surface area contributed by atoms with Gasteiger partial charge in [-0.3, -0.25) is 4.79 Å². The predicted octanol–water partition coefficient (Wildman–Crippen LogP) is 5.61. The van der Waals surface area contributed by atoms with Gasteiger partial charge in [0.25, 0.3) is 0 Å². The summed E-state index contributed by atoms with van der Waals surface area (Å²) in [7, 11) is 0. The van der Waals surface area contributed by atoms with Gasteiger partial charge in [0.1, 0.15) is 17.6 Å². The number of aromatic nitrogens is 3. The molecule has 0 aliphatic heterocycles. The van der Waals surface area contributed by atoms with Crippen LogP contribution in [0.25, 0.3) is 0 Å². The molecule has 0 saturated carbocycles. The number of anilines is 1. The van der Waals surface area contributed by atoms with Gasteiger partial charge in [-0.05, 0) is 47.7 Å². The Morgan fingerprint density at radius 2 is 1.84 bits per heavy atom. The first-order valence-corrected chi connectivity index (χ1v) is 13.3. The number of benzene rings is 1. The molecule has 38 heavy (non-hydrogen) atoms. The fourth-order valence-corrected chi connectivity index (χ4v) is 5.28. The molecule has 9 nitrogen and oxygen atoms in total. The molecule has 0 unspecified atom stereocenters. The minimum Gasteiger partial charge on any atom is -0.477 e. The molecule has 1 aromatic carbocycles. The second-order valence-corrected chi connectivity index (χ2v) is 10.1. The maximum Gasteiger partial charge on any atom is 0.355 e. The Morgan fingerprint density at radius 1 is 1.08 bits per heavy atom. The predicted molar refractivity (Wildman–Crippen MR) is 145 cm³/mol. The van der Waals surface area contributed by atoms with Crippen LogP contribution in [0.5, 0.6) is 0 Å². The summed E-state index contributed by atoms with van der Waals surface area (Å²) in [6, 6.07) is 13.2. The first-order chi connectivity index (χ1) is 18.3. The van der Waals surface area contributed by atoms with Crippen LogP contribution in [0, 0.1) is 0 Å². The van der Waals surface area contributed by atoms with E-state index >= 15 is 0 Å². The Balaban J connectivity index is 1.54. The first-order valence-electron chi connectivity index (χ1n) is 12.1. The molecule has 0 radical (unpaired) electrons. The van der Waals surface area contributed by atoms with Crippen LogP contribution in [0.2, 0.25) is 5.15 Å². The Labute approximate surface area is 228 Å². The van der Waals surface area contributed by atoms with Crippen LogP contribution in [0.3, 0.4) is 0 Å². The van der Waals surface area contributed by atoms with Crippen molar-refractivity contribution >= 4 is 46.5 Å². The number of nitrogens with one attached hydrogen (secondary N) is 1.